The van der Waals surface area contributed by atoms with Crippen LogP contribution in [0, 0.1) is 0 Å². The van der Waals surface area contributed by atoms with Crippen LogP contribution in [-0.4, -0.2) is 11.8 Å². The molecule has 22 heavy (non-hydrogen) atoms. The third-order valence-corrected chi connectivity index (χ3v) is 5.33. The minimum Gasteiger partial charge on any atom is -0.488 e. The summed E-state index contributed by atoms with van der Waals surface area (Å²) in [6, 6.07) is 14.6. The van der Waals surface area contributed by atoms with E-state index in [2.05, 4.69) is 40.2 Å². The van der Waals surface area contributed by atoms with E-state index in [-0.39, 0.29) is 5.54 Å². The zero-order valence-corrected chi connectivity index (χ0v) is 14.0. The lowest BCUT2D eigenvalue weighted by molar-refractivity contribution is 0.248. The van der Waals surface area contributed by atoms with Crippen LogP contribution in [0.25, 0.3) is 0 Å². The fourth-order valence-corrected chi connectivity index (χ4v) is 3.70. The van der Waals surface area contributed by atoms with Gasteiger partial charge in [-0.2, -0.15) is 0 Å². The van der Waals surface area contributed by atoms with E-state index in [0.29, 0.717) is 6.61 Å². The van der Waals surface area contributed by atoms with Gasteiger partial charge in [-0.3, -0.25) is 4.99 Å². The fourth-order valence-electron chi connectivity index (χ4n) is 3.23. The van der Waals surface area contributed by atoms with Crippen molar-refractivity contribution in [2.75, 3.05) is 0 Å². The molecule has 1 fully saturated rings. The van der Waals surface area contributed by atoms with E-state index in [0.717, 1.165) is 16.6 Å². The predicted molar refractivity (Wildman–Crippen MR) is 92.8 cm³/mol. The van der Waals surface area contributed by atoms with Crippen molar-refractivity contribution in [2.24, 2.45) is 4.99 Å². The molecule has 2 aromatic rings. The molecule has 2 nitrogen and oxygen atoms in total. The van der Waals surface area contributed by atoms with Crippen molar-refractivity contribution < 1.29 is 4.74 Å². The first-order chi connectivity index (χ1) is 10.7. The molecule has 0 amide bonds. The van der Waals surface area contributed by atoms with Crippen molar-refractivity contribution in [1.29, 1.82) is 0 Å². The number of fused-ring (bicyclic) bond motifs is 1. The number of halogens is 1. The van der Waals surface area contributed by atoms with Gasteiger partial charge >= 0.3 is 0 Å². The Hall–Kier alpha value is -1.61. The summed E-state index contributed by atoms with van der Waals surface area (Å²) in [6.45, 7) is 0.595. The number of hydrogen-bond donors (Lipinski definition) is 0. The molecule has 2 aromatic carbocycles. The van der Waals surface area contributed by atoms with E-state index in [9.17, 15) is 0 Å². The molecule has 0 unspecified atom stereocenters. The first-order valence-corrected chi connectivity index (χ1v) is 8.58. The van der Waals surface area contributed by atoms with Gasteiger partial charge in [0, 0.05) is 6.21 Å². The van der Waals surface area contributed by atoms with E-state index >= 15 is 0 Å². The number of nitrogens with zero attached hydrogens (tertiary/aromatic N) is 1. The van der Waals surface area contributed by atoms with Crippen LogP contribution in [0.3, 0.4) is 0 Å². The average Bonchev–Trinajstić information content (AvgIpc) is 2.52. The zero-order valence-electron chi connectivity index (χ0n) is 12.4. The molecule has 4 rings (SSSR count). The summed E-state index contributed by atoms with van der Waals surface area (Å²) < 4.78 is 7.02. The van der Waals surface area contributed by atoms with Gasteiger partial charge in [-0.1, -0.05) is 30.3 Å². The van der Waals surface area contributed by atoms with Crippen molar-refractivity contribution >= 4 is 22.1 Å². The minimum absolute atomic E-state index is 0.192. The van der Waals surface area contributed by atoms with Crippen LogP contribution >= 0.6 is 15.9 Å². The molecule has 3 heteroatoms. The third-order valence-electron chi connectivity index (χ3n) is 4.71. The second-order valence-electron chi connectivity index (χ2n) is 6.27. The van der Waals surface area contributed by atoms with Crippen LogP contribution in [-0.2, 0) is 13.0 Å². The van der Waals surface area contributed by atoms with Crippen molar-refractivity contribution in [1.82, 2.24) is 0 Å². The largest absolute Gasteiger partial charge is 0.488 e. The summed E-state index contributed by atoms with van der Waals surface area (Å²) in [5, 5.41) is 0. The molecule has 0 bridgehead atoms. The standard InChI is InChI=1S/C19H18BrNO/c20-17-9-16-12-21-19(7-4-8-19)11-15(16)10-18(17)22-13-14-5-2-1-3-6-14/h1-3,5-6,9-10,12H,4,7-8,11,13H2. The van der Waals surface area contributed by atoms with Gasteiger partial charge in [-0.25, -0.2) is 0 Å². The van der Waals surface area contributed by atoms with Crippen LogP contribution in [0.4, 0.5) is 0 Å². The maximum atomic E-state index is 6.02. The topological polar surface area (TPSA) is 21.6 Å². The average molecular weight is 356 g/mol. The predicted octanol–water partition coefficient (Wildman–Crippen LogP) is 4.93. The Bertz CT molecular complexity index is 720. The lowest BCUT2D eigenvalue weighted by Gasteiger charge is -2.40. The highest BCUT2D eigenvalue weighted by Gasteiger charge is 2.38. The molecule has 112 valence electrons. The maximum Gasteiger partial charge on any atom is 0.134 e. The quantitative estimate of drug-likeness (QED) is 0.765. The number of benzene rings is 2. The van der Waals surface area contributed by atoms with E-state index in [1.54, 1.807) is 0 Å². The normalized spacial score (nSPS) is 17.9. The number of ether oxygens (including phenoxy) is 1. The second-order valence-corrected chi connectivity index (χ2v) is 7.12. The SMILES string of the molecule is Brc1cc2c(cc1OCc1ccccc1)CC1(CCC1)N=C2. The molecular formula is C19H18BrNO. The molecule has 1 aliphatic carbocycles. The molecule has 0 aromatic heterocycles. The molecule has 0 N–H and O–H groups in total. The van der Waals surface area contributed by atoms with Crippen LogP contribution in [0.1, 0.15) is 36.0 Å². The summed E-state index contributed by atoms with van der Waals surface area (Å²) in [4.78, 5) is 4.79. The molecule has 1 saturated carbocycles. The Morgan fingerprint density at radius 2 is 1.95 bits per heavy atom. The molecule has 0 radical (unpaired) electrons. The summed E-state index contributed by atoms with van der Waals surface area (Å²) >= 11 is 3.62. The molecule has 2 aliphatic rings. The highest BCUT2D eigenvalue weighted by Crippen LogP contribution is 2.42. The van der Waals surface area contributed by atoms with Gasteiger partial charge in [-0.05, 0) is 70.4 Å². The fraction of sp³-hybridized carbons (Fsp3) is 0.316. The van der Waals surface area contributed by atoms with Crippen molar-refractivity contribution in [2.45, 2.75) is 37.8 Å². The Morgan fingerprint density at radius 3 is 2.68 bits per heavy atom. The number of aliphatic imine (C=N–C) groups is 1. The first kappa shape index (κ1) is 14.0. The summed E-state index contributed by atoms with van der Waals surface area (Å²) in [5.74, 6) is 0.923. The molecule has 1 aliphatic heterocycles. The smallest absolute Gasteiger partial charge is 0.134 e. The zero-order chi connectivity index (χ0) is 15.0. The maximum absolute atomic E-state index is 6.02. The van der Waals surface area contributed by atoms with Crippen LogP contribution < -0.4 is 4.74 Å². The van der Waals surface area contributed by atoms with Gasteiger partial charge in [0.15, 0.2) is 0 Å². The molecule has 1 heterocycles. The van der Waals surface area contributed by atoms with Gasteiger partial charge < -0.3 is 4.74 Å². The Morgan fingerprint density at radius 1 is 1.14 bits per heavy atom. The van der Waals surface area contributed by atoms with Crippen LogP contribution in [0.15, 0.2) is 51.9 Å². The molecule has 0 saturated heterocycles. The Balaban J connectivity index is 1.56. The monoisotopic (exact) mass is 355 g/mol. The summed E-state index contributed by atoms with van der Waals surface area (Å²) in [7, 11) is 0. The van der Waals surface area contributed by atoms with Gasteiger partial charge in [0.2, 0.25) is 0 Å². The summed E-state index contributed by atoms with van der Waals surface area (Å²) in [5.41, 5.74) is 3.96. The Labute approximate surface area is 139 Å². The third kappa shape index (κ3) is 2.58. The minimum atomic E-state index is 0.192. The molecular weight excluding hydrogens is 338 g/mol. The van der Waals surface area contributed by atoms with Crippen LogP contribution in [0.2, 0.25) is 0 Å². The molecule has 1 spiro atoms. The lowest BCUT2D eigenvalue weighted by Crippen LogP contribution is -2.39. The summed E-state index contributed by atoms with van der Waals surface area (Å²) in [6.07, 6.45) is 6.84. The van der Waals surface area contributed by atoms with E-state index in [4.69, 9.17) is 9.73 Å². The second kappa shape index (κ2) is 5.54. The van der Waals surface area contributed by atoms with Gasteiger partial charge in [0.05, 0.1) is 10.0 Å². The van der Waals surface area contributed by atoms with Gasteiger partial charge in [0.1, 0.15) is 12.4 Å². The highest BCUT2D eigenvalue weighted by atomic mass is 79.9. The lowest BCUT2D eigenvalue weighted by atomic mass is 9.71. The highest BCUT2D eigenvalue weighted by molar-refractivity contribution is 9.10. The van der Waals surface area contributed by atoms with E-state index < -0.39 is 0 Å². The number of rotatable bonds is 3. The van der Waals surface area contributed by atoms with Gasteiger partial charge in [0.25, 0.3) is 0 Å². The van der Waals surface area contributed by atoms with E-state index in [1.165, 1.54) is 36.0 Å². The van der Waals surface area contributed by atoms with Crippen molar-refractivity contribution in [3.05, 3.63) is 63.6 Å². The van der Waals surface area contributed by atoms with Crippen molar-refractivity contribution in [3.63, 3.8) is 0 Å². The van der Waals surface area contributed by atoms with Crippen LogP contribution in [0.5, 0.6) is 5.75 Å². The molecule has 0 atom stereocenters. The van der Waals surface area contributed by atoms with E-state index in [1.807, 2.05) is 24.4 Å². The number of hydrogen-bond acceptors (Lipinski definition) is 2. The van der Waals surface area contributed by atoms with Gasteiger partial charge in [-0.15, -0.1) is 0 Å². The Kier molecular flexibility index (Phi) is 3.53. The van der Waals surface area contributed by atoms with Crippen molar-refractivity contribution in [3.8, 4) is 5.75 Å². The first-order valence-electron chi connectivity index (χ1n) is 7.79.